The topological polar surface area (TPSA) is 57.0 Å². The first-order valence-electron chi connectivity index (χ1n) is 21.6. The van der Waals surface area contributed by atoms with E-state index in [0.717, 1.165) is 116 Å². The number of para-hydroxylation sites is 4. The molecule has 0 spiro atoms. The van der Waals surface area contributed by atoms with Crippen molar-refractivity contribution in [1.82, 2.24) is 14.5 Å². The van der Waals surface area contributed by atoms with Crippen LogP contribution in [0.1, 0.15) is 13.8 Å². The summed E-state index contributed by atoms with van der Waals surface area (Å²) in [6, 6.07) is 70.3. The van der Waals surface area contributed by atoms with E-state index in [-0.39, 0.29) is 0 Å². The third-order valence-corrected chi connectivity index (χ3v) is 12.2. The van der Waals surface area contributed by atoms with Gasteiger partial charge in [0.2, 0.25) is 0 Å². The summed E-state index contributed by atoms with van der Waals surface area (Å²) < 4.78 is 15.2. The van der Waals surface area contributed by atoms with Crippen molar-refractivity contribution in [2.45, 2.75) is 13.8 Å². The molecule has 0 fully saturated rings. The fraction of sp³-hybridized carbons (Fsp3) is 0.0345. The van der Waals surface area contributed by atoms with Crippen molar-refractivity contribution < 1.29 is 8.83 Å². The van der Waals surface area contributed by atoms with E-state index in [1.807, 2.05) is 56.3 Å². The Morgan fingerprint density at radius 2 is 0.984 bits per heavy atom. The van der Waals surface area contributed by atoms with Gasteiger partial charge in [-0.15, -0.1) is 0 Å². The van der Waals surface area contributed by atoms with Crippen LogP contribution in [0.3, 0.4) is 0 Å². The molecule has 4 aromatic heterocycles. The van der Waals surface area contributed by atoms with Crippen LogP contribution in [-0.2, 0) is 0 Å². The molecule has 0 aliphatic rings. The van der Waals surface area contributed by atoms with Gasteiger partial charge in [-0.1, -0.05) is 166 Å². The summed E-state index contributed by atoms with van der Waals surface area (Å²) in [6.45, 7) is 4.00. The van der Waals surface area contributed by atoms with E-state index >= 15 is 0 Å². The fourth-order valence-electron chi connectivity index (χ4n) is 9.35. The Kier molecular flexibility index (Phi) is 8.54. The number of benzene rings is 9. The molecule has 5 heteroatoms. The smallest absolute Gasteiger partial charge is 0.162 e. The van der Waals surface area contributed by atoms with Gasteiger partial charge in [0.15, 0.2) is 5.82 Å². The zero-order chi connectivity index (χ0) is 42.0. The van der Waals surface area contributed by atoms with Crippen molar-refractivity contribution in [3.63, 3.8) is 0 Å². The van der Waals surface area contributed by atoms with Crippen molar-refractivity contribution in [2.75, 3.05) is 0 Å². The summed E-state index contributed by atoms with van der Waals surface area (Å²) in [5.41, 5.74) is 12.6. The second-order valence-corrected chi connectivity index (χ2v) is 15.7. The molecule has 13 aromatic rings. The third kappa shape index (κ3) is 5.93. The highest BCUT2D eigenvalue weighted by Gasteiger charge is 2.21. The maximum absolute atomic E-state index is 6.52. The first-order chi connectivity index (χ1) is 31.2. The third-order valence-electron chi connectivity index (χ3n) is 12.2. The molecule has 0 amide bonds. The lowest BCUT2D eigenvalue weighted by Gasteiger charge is -2.15. The number of rotatable bonds is 5. The summed E-state index contributed by atoms with van der Waals surface area (Å²) in [5, 5.41) is 9.06. The molecule has 0 aliphatic carbocycles. The Balaban J connectivity index is 0.00000208. The lowest BCUT2D eigenvalue weighted by molar-refractivity contribution is 0.669. The molecule has 0 saturated carbocycles. The maximum Gasteiger partial charge on any atom is 0.162 e. The van der Waals surface area contributed by atoms with Crippen LogP contribution >= 0.6 is 0 Å². The Morgan fingerprint density at radius 3 is 1.79 bits per heavy atom. The normalized spacial score (nSPS) is 11.7. The van der Waals surface area contributed by atoms with Crippen LogP contribution < -0.4 is 0 Å². The molecular weight excluding hydrogens is 771 g/mol. The van der Waals surface area contributed by atoms with Crippen molar-refractivity contribution in [3.05, 3.63) is 200 Å². The molecule has 0 N–H and O–H groups in total. The highest BCUT2D eigenvalue weighted by Crippen LogP contribution is 2.43. The van der Waals surface area contributed by atoms with Crippen LogP contribution in [0.25, 0.3) is 127 Å². The molecule has 63 heavy (non-hydrogen) atoms. The highest BCUT2D eigenvalue weighted by molar-refractivity contribution is 6.17. The van der Waals surface area contributed by atoms with E-state index in [2.05, 4.69) is 162 Å². The average molecular weight is 810 g/mol. The summed E-state index contributed by atoms with van der Waals surface area (Å²) >= 11 is 0. The molecule has 0 radical (unpaired) electrons. The van der Waals surface area contributed by atoms with E-state index in [0.29, 0.717) is 5.82 Å². The van der Waals surface area contributed by atoms with Gasteiger partial charge in [-0.25, -0.2) is 9.97 Å². The van der Waals surface area contributed by atoms with E-state index in [1.165, 1.54) is 5.39 Å². The van der Waals surface area contributed by atoms with Gasteiger partial charge in [-0.3, -0.25) is 4.57 Å². The van der Waals surface area contributed by atoms with Gasteiger partial charge in [-0.2, -0.15) is 0 Å². The average Bonchev–Trinajstić information content (AvgIpc) is 4.03. The zero-order valence-corrected chi connectivity index (χ0v) is 34.7. The molecule has 0 unspecified atom stereocenters. The second kappa shape index (κ2) is 14.7. The highest BCUT2D eigenvalue weighted by atomic mass is 16.3. The van der Waals surface area contributed by atoms with E-state index in [9.17, 15) is 0 Å². The monoisotopic (exact) mass is 809 g/mol. The Hall–Kier alpha value is -8.28. The van der Waals surface area contributed by atoms with Gasteiger partial charge in [0.1, 0.15) is 28.1 Å². The predicted molar refractivity (Wildman–Crippen MR) is 262 cm³/mol. The molecule has 298 valence electrons. The molecule has 0 aliphatic heterocycles. The Labute approximate surface area is 363 Å². The minimum absolute atomic E-state index is 0.645. The van der Waals surface area contributed by atoms with Gasteiger partial charge in [0, 0.05) is 60.6 Å². The number of hydrogen-bond donors (Lipinski definition) is 0. The summed E-state index contributed by atoms with van der Waals surface area (Å²) in [6.07, 6.45) is 0. The standard InChI is InChI=1S/C56H33N3O2.C2H6/c1-2-13-34(14-3-1)56-57-48(39-27-28-44-42-19-6-8-25-50(42)60-52(44)32-39)33-53(58-56)59-49-31-36-16-5-4-15-35(36)30-47(49)45-23-11-21-40(54(45)59)37-17-10-18-38(29-37)41-22-12-24-46-43-20-7-9-26-51(43)61-55(41)46;1-2/h1-33H;1-2H3. The van der Waals surface area contributed by atoms with Crippen LogP contribution in [0.15, 0.2) is 209 Å². The zero-order valence-electron chi connectivity index (χ0n) is 34.7. The van der Waals surface area contributed by atoms with Crippen LogP contribution in [0.4, 0.5) is 0 Å². The number of aromatic nitrogens is 3. The SMILES string of the molecule is CC.c1ccc(-c2nc(-c3ccc4c(c3)oc3ccccc34)cc(-n3c4cc5ccccc5cc4c4cccc(-c5cccc(-c6cccc7c6oc6ccccc67)c5)c43)n2)cc1. The number of nitrogens with zero attached hydrogens (tertiary/aromatic N) is 3. The van der Waals surface area contributed by atoms with Crippen LogP contribution in [0.5, 0.6) is 0 Å². The van der Waals surface area contributed by atoms with E-state index in [1.54, 1.807) is 0 Å². The van der Waals surface area contributed by atoms with Crippen LogP contribution in [-0.4, -0.2) is 14.5 Å². The first-order valence-corrected chi connectivity index (χ1v) is 21.6. The molecule has 9 aromatic carbocycles. The van der Waals surface area contributed by atoms with Gasteiger partial charge in [0.25, 0.3) is 0 Å². The largest absolute Gasteiger partial charge is 0.456 e. The maximum atomic E-state index is 6.52. The van der Waals surface area contributed by atoms with Crippen molar-refractivity contribution in [3.8, 4) is 50.7 Å². The predicted octanol–water partition coefficient (Wildman–Crippen LogP) is 16.2. The summed E-state index contributed by atoms with van der Waals surface area (Å²) in [7, 11) is 0. The molecule has 13 rings (SSSR count). The van der Waals surface area contributed by atoms with Crippen molar-refractivity contribution in [1.29, 1.82) is 0 Å². The first kappa shape index (κ1) is 36.6. The summed E-state index contributed by atoms with van der Waals surface area (Å²) in [5.74, 6) is 1.42. The lowest BCUT2D eigenvalue weighted by Crippen LogP contribution is -2.03. The van der Waals surface area contributed by atoms with Gasteiger partial charge >= 0.3 is 0 Å². The van der Waals surface area contributed by atoms with Gasteiger partial charge in [-0.05, 0) is 64.4 Å². The summed E-state index contributed by atoms with van der Waals surface area (Å²) in [4.78, 5) is 10.7. The second-order valence-electron chi connectivity index (χ2n) is 15.7. The van der Waals surface area contributed by atoms with Crippen LogP contribution in [0.2, 0.25) is 0 Å². The van der Waals surface area contributed by atoms with Crippen molar-refractivity contribution in [2.24, 2.45) is 0 Å². The number of furan rings is 2. The van der Waals surface area contributed by atoms with Crippen LogP contribution in [0, 0.1) is 0 Å². The van der Waals surface area contributed by atoms with E-state index in [4.69, 9.17) is 18.8 Å². The Morgan fingerprint density at radius 1 is 0.381 bits per heavy atom. The molecule has 5 nitrogen and oxygen atoms in total. The van der Waals surface area contributed by atoms with Gasteiger partial charge < -0.3 is 8.83 Å². The molecule has 0 bridgehead atoms. The minimum atomic E-state index is 0.645. The van der Waals surface area contributed by atoms with Crippen molar-refractivity contribution >= 4 is 76.5 Å². The molecule has 0 saturated heterocycles. The molecule has 0 atom stereocenters. The fourth-order valence-corrected chi connectivity index (χ4v) is 9.35. The van der Waals surface area contributed by atoms with Gasteiger partial charge in [0.05, 0.1) is 16.7 Å². The number of fused-ring (bicyclic) bond motifs is 10. The van der Waals surface area contributed by atoms with E-state index < -0.39 is 0 Å². The quantitative estimate of drug-likeness (QED) is 0.174. The minimum Gasteiger partial charge on any atom is -0.456 e. The number of hydrogen-bond acceptors (Lipinski definition) is 4. The molecular formula is C58H39N3O2. The molecule has 4 heterocycles. The Bertz CT molecular complexity index is 3890. The lowest BCUT2D eigenvalue weighted by atomic mass is 9.96.